The molecule has 2 N–H and O–H groups in total. The summed E-state index contributed by atoms with van der Waals surface area (Å²) in [6, 6.07) is 0. The fraction of sp³-hybridized carbons (Fsp3) is 0.900. The minimum atomic E-state index is -0.825. The summed E-state index contributed by atoms with van der Waals surface area (Å²) in [5, 5.41) is 19.1. The molecule has 0 radical (unpaired) electrons. The molecule has 3 nitrogen and oxygen atoms in total. The van der Waals surface area contributed by atoms with Crippen molar-refractivity contribution in [1.82, 2.24) is 0 Å². The highest BCUT2D eigenvalue weighted by atomic mass is 16.4. The third-order valence-corrected chi connectivity index (χ3v) is 4.26. The van der Waals surface area contributed by atoms with Crippen LogP contribution in [-0.4, -0.2) is 22.3 Å². The Morgan fingerprint density at radius 1 is 1.46 bits per heavy atom. The lowest BCUT2D eigenvalue weighted by Crippen LogP contribution is -2.45. The molecule has 74 valence electrons. The molecule has 2 fully saturated rings. The van der Waals surface area contributed by atoms with Gasteiger partial charge in [-0.25, -0.2) is 0 Å². The van der Waals surface area contributed by atoms with Gasteiger partial charge in [-0.1, -0.05) is 13.8 Å². The maximum Gasteiger partial charge on any atom is 0.312 e. The Bertz CT molecular complexity index is 259. The lowest BCUT2D eigenvalue weighted by atomic mass is 9.69. The molecule has 2 bridgehead atoms. The third-order valence-electron chi connectivity index (χ3n) is 4.26. The number of fused-ring (bicyclic) bond motifs is 2. The van der Waals surface area contributed by atoms with Crippen molar-refractivity contribution in [3.05, 3.63) is 0 Å². The van der Waals surface area contributed by atoms with Crippen LogP contribution in [-0.2, 0) is 4.79 Å². The van der Waals surface area contributed by atoms with Crippen LogP contribution in [0.15, 0.2) is 0 Å². The highest BCUT2D eigenvalue weighted by Gasteiger charge is 2.65. The van der Waals surface area contributed by atoms with Gasteiger partial charge in [0.25, 0.3) is 0 Å². The molecule has 3 atom stereocenters. The van der Waals surface area contributed by atoms with Gasteiger partial charge in [0.2, 0.25) is 0 Å². The minimum Gasteiger partial charge on any atom is -0.481 e. The molecule has 0 aromatic rings. The first-order valence-electron chi connectivity index (χ1n) is 4.83. The molecule has 0 unspecified atom stereocenters. The first-order chi connectivity index (χ1) is 5.91. The molecule has 0 heterocycles. The molecular formula is C10H16O3. The normalized spacial score (nSPS) is 46.7. The number of carboxylic acid groups (broad SMARTS) is 1. The van der Waals surface area contributed by atoms with Crippen LogP contribution in [0, 0.1) is 16.7 Å². The van der Waals surface area contributed by atoms with Gasteiger partial charge in [0.05, 0.1) is 11.5 Å². The van der Waals surface area contributed by atoms with E-state index in [-0.39, 0.29) is 5.41 Å². The zero-order chi connectivity index (χ0) is 9.85. The van der Waals surface area contributed by atoms with E-state index in [9.17, 15) is 9.90 Å². The van der Waals surface area contributed by atoms with Crippen molar-refractivity contribution in [3.8, 4) is 0 Å². The van der Waals surface area contributed by atoms with Crippen LogP contribution in [0.2, 0.25) is 0 Å². The fourth-order valence-corrected chi connectivity index (χ4v) is 3.21. The first kappa shape index (κ1) is 9.00. The lowest BCUT2D eigenvalue weighted by molar-refractivity contribution is -0.159. The zero-order valence-corrected chi connectivity index (χ0v) is 8.08. The second-order valence-electron chi connectivity index (χ2n) is 5.12. The predicted octanol–water partition coefficient (Wildman–Crippen LogP) is 1.26. The number of aliphatic hydroxyl groups is 1. The number of carboxylic acids is 1. The summed E-state index contributed by atoms with van der Waals surface area (Å²) >= 11 is 0. The van der Waals surface area contributed by atoms with E-state index in [0.717, 1.165) is 6.42 Å². The molecule has 0 aromatic carbocycles. The van der Waals surface area contributed by atoms with Crippen molar-refractivity contribution < 1.29 is 15.0 Å². The van der Waals surface area contributed by atoms with E-state index < -0.39 is 17.5 Å². The molecule has 2 rings (SSSR count). The van der Waals surface area contributed by atoms with Crippen molar-refractivity contribution in [2.45, 2.75) is 39.2 Å². The molecule has 0 amide bonds. The van der Waals surface area contributed by atoms with E-state index in [1.807, 2.05) is 13.8 Å². The van der Waals surface area contributed by atoms with Crippen molar-refractivity contribution in [1.29, 1.82) is 0 Å². The Morgan fingerprint density at radius 2 is 2.08 bits per heavy atom. The molecule has 2 saturated carbocycles. The van der Waals surface area contributed by atoms with Crippen LogP contribution < -0.4 is 0 Å². The first-order valence-corrected chi connectivity index (χ1v) is 4.83. The van der Waals surface area contributed by atoms with Gasteiger partial charge in [-0.05, 0) is 30.6 Å². The van der Waals surface area contributed by atoms with Gasteiger partial charge in [-0.3, -0.25) is 4.79 Å². The van der Waals surface area contributed by atoms with Gasteiger partial charge >= 0.3 is 5.97 Å². The highest BCUT2D eigenvalue weighted by Crippen LogP contribution is 2.62. The van der Waals surface area contributed by atoms with Crippen LogP contribution in [0.5, 0.6) is 0 Å². The largest absolute Gasteiger partial charge is 0.481 e. The van der Waals surface area contributed by atoms with Crippen LogP contribution in [0.4, 0.5) is 0 Å². The van der Waals surface area contributed by atoms with Crippen LogP contribution in [0.25, 0.3) is 0 Å². The molecule has 3 heteroatoms. The smallest absolute Gasteiger partial charge is 0.312 e. The highest BCUT2D eigenvalue weighted by molar-refractivity contribution is 5.77. The molecule has 0 aliphatic heterocycles. The van der Waals surface area contributed by atoms with Gasteiger partial charge < -0.3 is 10.2 Å². The number of aliphatic hydroxyl groups excluding tert-OH is 1. The Morgan fingerprint density at radius 3 is 2.38 bits per heavy atom. The average molecular weight is 184 g/mol. The Labute approximate surface area is 77.8 Å². The van der Waals surface area contributed by atoms with Crippen molar-refractivity contribution in [3.63, 3.8) is 0 Å². The Kier molecular flexibility index (Phi) is 1.57. The van der Waals surface area contributed by atoms with Crippen molar-refractivity contribution >= 4 is 5.97 Å². The molecule has 0 aromatic heterocycles. The van der Waals surface area contributed by atoms with Gasteiger partial charge in [0.1, 0.15) is 0 Å². The summed E-state index contributed by atoms with van der Waals surface area (Å²) in [6.45, 7) is 3.96. The third kappa shape index (κ3) is 0.857. The van der Waals surface area contributed by atoms with E-state index in [0.29, 0.717) is 18.8 Å². The summed E-state index contributed by atoms with van der Waals surface area (Å²) in [6.07, 6.45) is 1.60. The topological polar surface area (TPSA) is 57.5 Å². The van der Waals surface area contributed by atoms with E-state index in [1.54, 1.807) is 0 Å². The van der Waals surface area contributed by atoms with Gasteiger partial charge in [0, 0.05) is 0 Å². The van der Waals surface area contributed by atoms with Crippen molar-refractivity contribution in [2.75, 3.05) is 0 Å². The predicted molar refractivity (Wildman–Crippen MR) is 47.2 cm³/mol. The monoisotopic (exact) mass is 184 g/mol. The molecular weight excluding hydrogens is 168 g/mol. The molecule has 0 spiro atoms. The lowest BCUT2D eigenvalue weighted by Gasteiger charge is -2.38. The maximum atomic E-state index is 11.1. The fourth-order valence-electron chi connectivity index (χ4n) is 3.21. The maximum absolute atomic E-state index is 11.1. The molecule has 0 saturated heterocycles. The van der Waals surface area contributed by atoms with Gasteiger partial charge in [-0.2, -0.15) is 0 Å². The van der Waals surface area contributed by atoms with Crippen LogP contribution in [0.1, 0.15) is 33.1 Å². The van der Waals surface area contributed by atoms with Gasteiger partial charge in [-0.15, -0.1) is 0 Å². The number of rotatable bonds is 1. The van der Waals surface area contributed by atoms with Crippen LogP contribution in [0.3, 0.4) is 0 Å². The number of aliphatic carboxylic acids is 1. The second-order valence-corrected chi connectivity index (χ2v) is 5.12. The Balaban J connectivity index is 2.40. The van der Waals surface area contributed by atoms with E-state index in [4.69, 9.17) is 5.11 Å². The summed E-state index contributed by atoms with van der Waals surface area (Å²) < 4.78 is 0. The van der Waals surface area contributed by atoms with E-state index in [1.165, 1.54) is 0 Å². The molecule has 13 heavy (non-hydrogen) atoms. The van der Waals surface area contributed by atoms with E-state index in [2.05, 4.69) is 0 Å². The zero-order valence-electron chi connectivity index (χ0n) is 8.08. The van der Waals surface area contributed by atoms with Crippen molar-refractivity contribution in [2.24, 2.45) is 16.7 Å². The summed E-state index contributed by atoms with van der Waals surface area (Å²) in [5.74, 6) is -0.424. The average Bonchev–Trinajstić information content (AvgIpc) is 2.53. The molecule has 2 aliphatic rings. The number of hydrogen-bond donors (Lipinski definition) is 2. The minimum absolute atomic E-state index is 0.212. The standard InChI is InChI=1S/C10H16O3/c1-9(2)6-3-4-10(5-6,7(9)11)8(12)13/h6-7,11H,3-5H2,1-2H3,(H,12,13)/t6-,7-,10-/m1/s1. The van der Waals surface area contributed by atoms with E-state index >= 15 is 0 Å². The summed E-state index contributed by atoms with van der Waals surface area (Å²) in [5.41, 5.74) is -1.04. The molecule has 2 aliphatic carbocycles. The van der Waals surface area contributed by atoms with Crippen LogP contribution >= 0.6 is 0 Å². The number of carbonyl (C=O) groups is 1. The summed E-state index contributed by atoms with van der Waals surface area (Å²) in [7, 11) is 0. The van der Waals surface area contributed by atoms with Gasteiger partial charge in [0.15, 0.2) is 0 Å². The summed E-state index contributed by atoms with van der Waals surface area (Å²) in [4.78, 5) is 11.1. The SMILES string of the molecule is CC1(C)[C@@H]2CC[C@@](C(=O)O)(C2)[C@@H]1O. The second kappa shape index (κ2) is 2.27. The quantitative estimate of drug-likeness (QED) is 0.645. The number of hydrogen-bond acceptors (Lipinski definition) is 2. The Hall–Kier alpha value is -0.570.